The van der Waals surface area contributed by atoms with Gasteiger partial charge in [0.1, 0.15) is 11.3 Å². The summed E-state index contributed by atoms with van der Waals surface area (Å²) in [7, 11) is 0. The second-order valence-corrected chi connectivity index (χ2v) is 4.18. The Morgan fingerprint density at radius 2 is 2.25 bits per heavy atom. The molecule has 0 bridgehead atoms. The smallest absolute Gasteiger partial charge is 0.339 e. The molecule has 0 atom stereocenters. The van der Waals surface area contributed by atoms with Gasteiger partial charge in [-0.15, -0.1) is 0 Å². The summed E-state index contributed by atoms with van der Waals surface area (Å²) in [6.07, 6.45) is 3.30. The van der Waals surface area contributed by atoms with Crippen molar-refractivity contribution in [3.63, 3.8) is 0 Å². The maximum atomic E-state index is 11.0. The van der Waals surface area contributed by atoms with E-state index in [2.05, 4.69) is 0 Å². The van der Waals surface area contributed by atoms with E-state index in [1.54, 1.807) is 6.07 Å². The van der Waals surface area contributed by atoms with E-state index in [0.717, 1.165) is 6.42 Å². The van der Waals surface area contributed by atoms with Crippen LogP contribution >= 0.6 is 0 Å². The maximum Gasteiger partial charge on any atom is 0.339 e. The van der Waals surface area contributed by atoms with E-state index in [-0.39, 0.29) is 5.56 Å². The maximum absolute atomic E-state index is 11.0. The minimum Gasteiger partial charge on any atom is -0.493 e. The highest BCUT2D eigenvalue weighted by atomic mass is 16.5. The SMILES string of the molecule is CCCOc1cc(C2CC2)ccc1C(=O)O. The van der Waals surface area contributed by atoms with E-state index >= 15 is 0 Å². The summed E-state index contributed by atoms with van der Waals surface area (Å²) in [4.78, 5) is 11.0. The summed E-state index contributed by atoms with van der Waals surface area (Å²) >= 11 is 0. The lowest BCUT2D eigenvalue weighted by Crippen LogP contribution is -2.04. The van der Waals surface area contributed by atoms with Gasteiger partial charge in [-0.3, -0.25) is 0 Å². The molecule has 0 amide bonds. The van der Waals surface area contributed by atoms with Crippen LogP contribution in [0.4, 0.5) is 0 Å². The van der Waals surface area contributed by atoms with E-state index in [0.29, 0.717) is 18.3 Å². The Balaban J connectivity index is 2.26. The third-order valence-corrected chi connectivity index (χ3v) is 2.75. The molecule has 1 aliphatic rings. The van der Waals surface area contributed by atoms with Crippen LogP contribution in [0.25, 0.3) is 0 Å². The van der Waals surface area contributed by atoms with Crippen LogP contribution in [-0.4, -0.2) is 17.7 Å². The number of rotatable bonds is 5. The zero-order chi connectivity index (χ0) is 11.5. The Bertz CT molecular complexity index is 394. The number of hydrogen-bond acceptors (Lipinski definition) is 2. The first-order valence-corrected chi connectivity index (χ1v) is 5.72. The molecular formula is C13H16O3. The Morgan fingerprint density at radius 1 is 1.50 bits per heavy atom. The van der Waals surface area contributed by atoms with Gasteiger partial charge < -0.3 is 9.84 Å². The van der Waals surface area contributed by atoms with Crippen molar-refractivity contribution in [1.82, 2.24) is 0 Å². The van der Waals surface area contributed by atoms with Gasteiger partial charge >= 0.3 is 5.97 Å². The van der Waals surface area contributed by atoms with Crippen LogP contribution in [0.2, 0.25) is 0 Å². The van der Waals surface area contributed by atoms with E-state index in [9.17, 15) is 4.79 Å². The first-order chi connectivity index (χ1) is 7.72. The van der Waals surface area contributed by atoms with Gasteiger partial charge in [0.15, 0.2) is 0 Å². The molecule has 1 aromatic rings. The molecule has 2 rings (SSSR count). The van der Waals surface area contributed by atoms with Crippen LogP contribution in [0.1, 0.15) is 48.0 Å². The predicted molar refractivity (Wildman–Crippen MR) is 61.2 cm³/mol. The van der Waals surface area contributed by atoms with Crippen LogP contribution in [0.5, 0.6) is 5.75 Å². The van der Waals surface area contributed by atoms with Crippen molar-refractivity contribution >= 4 is 5.97 Å². The van der Waals surface area contributed by atoms with Gasteiger partial charge in [0.05, 0.1) is 6.61 Å². The summed E-state index contributed by atoms with van der Waals surface area (Å²) < 4.78 is 5.49. The topological polar surface area (TPSA) is 46.5 Å². The van der Waals surface area contributed by atoms with Crippen molar-refractivity contribution in [2.24, 2.45) is 0 Å². The highest BCUT2D eigenvalue weighted by Crippen LogP contribution is 2.41. The van der Waals surface area contributed by atoms with Crippen LogP contribution < -0.4 is 4.74 Å². The lowest BCUT2D eigenvalue weighted by atomic mass is 10.1. The molecular weight excluding hydrogens is 204 g/mol. The molecule has 1 N–H and O–H groups in total. The highest BCUT2D eigenvalue weighted by molar-refractivity contribution is 5.91. The Labute approximate surface area is 95.0 Å². The molecule has 0 unspecified atom stereocenters. The summed E-state index contributed by atoms with van der Waals surface area (Å²) in [6.45, 7) is 2.57. The van der Waals surface area contributed by atoms with Crippen molar-refractivity contribution in [2.45, 2.75) is 32.1 Å². The van der Waals surface area contributed by atoms with E-state index in [4.69, 9.17) is 9.84 Å². The highest BCUT2D eigenvalue weighted by Gasteiger charge is 2.25. The summed E-state index contributed by atoms with van der Waals surface area (Å²) in [5.74, 6) is 0.207. The average Bonchev–Trinajstić information content (AvgIpc) is 3.09. The number of aromatic carboxylic acids is 1. The third-order valence-electron chi connectivity index (χ3n) is 2.75. The molecule has 0 heterocycles. The van der Waals surface area contributed by atoms with Gasteiger partial charge in [0.25, 0.3) is 0 Å². The second-order valence-electron chi connectivity index (χ2n) is 4.18. The van der Waals surface area contributed by atoms with E-state index in [1.165, 1.54) is 18.4 Å². The minimum absolute atomic E-state index is 0.262. The van der Waals surface area contributed by atoms with Crippen molar-refractivity contribution in [2.75, 3.05) is 6.61 Å². The first kappa shape index (κ1) is 11.0. The normalized spacial score (nSPS) is 14.8. The van der Waals surface area contributed by atoms with E-state index in [1.807, 2.05) is 19.1 Å². The lowest BCUT2D eigenvalue weighted by Gasteiger charge is -2.10. The number of carboxylic acid groups (broad SMARTS) is 1. The number of carboxylic acids is 1. The van der Waals surface area contributed by atoms with Crippen LogP contribution in [-0.2, 0) is 0 Å². The molecule has 1 fully saturated rings. The molecule has 16 heavy (non-hydrogen) atoms. The number of ether oxygens (including phenoxy) is 1. The van der Waals surface area contributed by atoms with Gasteiger partial charge in [-0.25, -0.2) is 4.79 Å². The monoisotopic (exact) mass is 220 g/mol. The van der Waals surface area contributed by atoms with Crippen molar-refractivity contribution < 1.29 is 14.6 Å². The average molecular weight is 220 g/mol. The summed E-state index contributed by atoms with van der Waals surface area (Å²) in [6, 6.07) is 5.44. The molecule has 1 aliphatic carbocycles. The number of benzene rings is 1. The largest absolute Gasteiger partial charge is 0.493 e. The fraction of sp³-hybridized carbons (Fsp3) is 0.462. The Hall–Kier alpha value is -1.51. The van der Waals surface area contributed by atoms with Crippen LogP contribution in [0.3, 0.4) is 0 Å². The fourth-order valence-corrected chi connectivity index (χ4v) is 1.72. The van der Waals surface area contributed by atoms with Gasteiger partial charge in [-0.2, -0.15) is 0 Å². The molecule has 1 saturated carbocycles. The van der Waals surface area contributed by atoms with E-state index < -0.39 is 5.97 Å². The van der Waals surface area contributed by atoms with Crippen molar-refractivity contribution in [3.05, 3.63) is 29.3 Å². The quantitative estimate of drug-likeness (QED) is 0.829. The molecule has 0 spiro atoms. The number of hydrogen-bond donors (Lipinski definition) is 1. The summed E-state index contributed by atoms with van der Waals surface area (Å²) in [5, 5.41) is 9.03. The molecule has 0 saturated heterocycles. The molecule has 0 aromatic heterocycles. The van der Waals surface area contributed by atoms with Gasteiger partial charge in [-0.05, 0) is 42.9 Å². The third kappa shape index (κ3) is 2.35. The number of carbonyl (C=O) groups is 1. The zero-order valence-electron chi connectivity index (χ0n) is 9.40. The zero-order valence-corrected chi connectivity index (χ0v) is 9.40. The Kier molecular flexibility index (Phi) is 3.13. The molecule has 3 nitrogen and oxygen atoms in total. The first-order valence-electron chi connectivity index (χ1n) is 5.72. The van der Waals surface area contributed by atoms with Gasteiger partial charge in [0, 0.05) is 0 Å². The molecule has 86 valence electrons. The Morgan fingerprint density at radius 3 is 2.81 bits per heavy atom. The van der Waals surface area contributed by atoms with Crippen LogP contribution in [0, 0.1) is 0 Å². The lowest BCUT2D eigenvalue weighted by molar-refractivity contribution is 0.0692. The van der Waals surface area contributed by atoms with Crippen LogP contribution in [0.15, 0.2) is 18.2 Å². The predicted octanol–water partition coefficient (Wildman–Crippen LogP) is 3.05. The second kappa shape index (κ2) is 4.56. The van der Waals surface area contributed by atoms with Crippen molar-refractivity contribution in [3.8, 4) is 5.75 Å². The molecule has 3 heteroatoms. The van der Waals surface area contributed by atoms with Gasteiger partial charge in [-0.1, -0.05) is 13.0 Å². The minimum atomic E-state index is -0.923. The fourth-order valence-electron chi connectivity index (χ4n) is 1.72. The summed E-state index contributed by atoms with van der Waals surface area (Å²) in [5.41, 5.74) is 1.47. The van der Waals surface area contributed by atoms with Gasteiger partial charge in [0.2, 0.25) is 0 Å². The standard InChI is InChI=1S/C13H16O3/c1-2-7-16-12-8-10(9-3-4-9)5-6-11(12)13(14)15/h5-6,8-9H,2-4,7H2,1H3,(H,14,15). The molecule has 0 aliphatic heterocycles. The molecule has 1 aromatic carbocycles. The van der Waals surface area contributed by atoms with Crippen molar-refractivity contribution in [1.29, 1.82) is 0 Å². The molecule has 0 radical (unpaired) electrons.